The van der Waals surface area contributed by atoms with Gasteiger partial charge in [0.05, 0.1) is 11.6 Å². The van der Waals surface area contributed by atoms with E-state index in [-0.39, 0.29) is 5.82 Å². The molecule has 1 heterocycles. The van der Waals surface area contributed by atoms with Gasteiger partial charge in [-0.1, -0.05) is 6.07 Å². The van der Waals surface area contributed by atoms with Crippen molar-refractivity contribution in [2.24, 2.45) is 0 Å². The van der Waals surface area contributed by atoms with Crippen LogP contribution in [-0.2, 0) is 6.54 Å². The Kier molecular flexibility index (Phi) is 3.72. The summed E-state index contributed by atoms with van der Waals surface area (Å²) >= 11 is 0. The van der Waals surface area contributed by atoms with Gasteiger partial charge in [0.25, 0.3) is 0 Å². The minimum Gasteiger partial charge on any atom is -0.304 e. The van der Waals surface area contributed by atoms with Crippen LogP contribution in [0.1, 0.15) is 11.1 Å². The van der Waals surface area contributed by atoms with E-state index in [9.17, 15) is 4.39 Å². The van der Waals surface area contributed by atoms with E-state index in [2.05, 4.69) is 16.8 Å². The molecule has 17 heavy (non-hydrogen) atoms. The summed E-state index contributed by atoms with van der Waals surface area (Å²) in [7, 11) is 2.10. The lowest BCUT2D eigenvalue weighted by atomic mass is 10.1. The van der Waals surface area contributed by atoms with E-state index >= 15 is 0 Å². The SMILES string of the molecule is CN1CCN(Cc2ccc(C#N)cc2F)CC1. The molecule has 0 bridgehead atoms. The largest absolute Gasteiger partial charge is 0.304 e. The summed E-state index contributed by atoms with van der Waals surface area (Å²) in [6.07, 6.45) is 0. The smallest absolute Gasteiger partial charge is 0.129 e. The minimum atomic E-state index is -0.275. The van der Waals surface area contributed by atoms with Crippen molar-refractivity contribution in [2.75, 3.05) is 33.2 Å². The molecule has 0 unspecified atom stereocenters. The van der Waals surface area contributed by atoms with Crippen molar-refractivity contribution in [3.63, 3.8) is 0 Å². The molecule has 1 fully saturated rings. The lowest BCUT2D eigenvalue weighted by Gasteiger charge is -2.32. The number of benzene rings is 1. The van der Waals surface area contributed by atoms with E-state index in [1.54, 1.807) is 12.1 Å². The lowest BCUT2D eigenvalue weighted by molar-refractivity contribution is 0.147. The van der Waals surface area contributed by atoms with Crippen molar-refractivity contribution < 1.29 is 4.39 Å². The van der Waals surface area contributed by atoms with Gasteiger partial charge < -0.3 is 4.90 Å². The highest BCUT2D eigenvalue weighted by Crippen LogP contribution is 2.13. The topological polar surface area (TPSA) is 30.3 Å². The molecule has 1 saturated heterocycles. The second-order valence-electron chi connectivity index (χ2n) is 4.50. The molecule has 0 atom stereocenters. The fourth-order valence-corrected chi connectivity index (χ4v) is 1.99. The molecular weight excluding hydrogens is 217 g/mol. The van der Waals surface area contributed by atoms with Crippen LogP contribution >= 0.6 is 0 Å². The summed E-state index contributed by atoms with van der Waals surface area (Å²) in [5.74, 6) is -0.275. The summed E-state index contributed by atoms with van der Waals surface area (Å²) < 4.78 is 13.7. The average molecular weight is 233 g/mol. The second-order valence-corrected chi connectivity index (χ2v) is 4.50. The van der Waals surface area contributed by atoms with Crippen molar-refractivity contribution in [1.82, 2.24) is 9.80 Å². The van der Waals surface area contributed by atoms with Gasteiger partial charge in [0.15, 0.2) is 0 Å². The first-order chi connectivity index (χ1) is 8.19. The quantitative estimate of drug-likeness (QED) is 0.774. The Morgan fingerprint density at radius 2 is 2.00 bits per heavy atom. The molecular formula is C13H16FN3. The maximum Gasteiger partial charge on any atom is 0.129 e. The number of rotatable bonds is 2. The molecule has 1 aliphatic heterocycles. The van der Waals surface area contributed by atoms with Crippen LogP contribution in [0.15, 0.2) is 18.2 Å². The van der Waals surface area contributed by atoms with Gasteiger partial charge in [-0.3, -0.25) is 4.90 Å². The van der Waals surface area contributed by atoms with Crippen LogP contribution < -0.4 is 0 Å². The Balaban J connectivity index is 2.02. The molecule has 2 rings (SSSR count). The molecule has 0 aromatic heterocycles. The van der Waals surface area contributed by atoms with Crippen molar-refractivity contribution in [1.29, 1.82) is 5.26 Å². The van der Waals surface area contributed by atoms with E-state index in [1.807, 2.05) is 6.07 Å². The summed E-state index contributed by atoms with van der Waals surface area (Å²) in [5.41, 5.74) is 1.05. The predicted molar refractivity (Wildman–Crippen MR) is 63.9 cm³/mol. The molecule has 4 heteroatoms. The number of nitriles is 1. The second kappa shape index (κ2) is 5.26. The third-order valence-electron chi connectivity index (χ3n) is 3.17. The maximum absolute atomic E-state index is 13.7. The van der Waals surface area contributed by atoms with Crippen LogP contribution in [0.5, 0.6) is 0 Å². The van der Waals surface area contributed by atoms with Crippen LogP contribution in [0.2, 0.25) is 0 Å². The average Bonchev–Trinajstić information content (AvgIpc) is 2.34. The van der Waals surface area contributed by atoms with Crippen LogP contribution in [0, 0.1) is 17.1 Å². The summed E-state index contributed by atoms with van der Waals surface area (Å²) in [4.78, 5) is 4.51. The molecule has 0 aliphatic carbocycles. The molecule has 1 aromatic rings. The first-order valence-corrected chi connectivity index (χ1v) is 5.78. The molecule has 1 aromatic carbocycles. The van der Waals surface area contributed by atoms with Gasteiger partial charge in [-0.05, 0) is 19.2 Å². The van der Waals surface area contributed by atoms with Gasteiger partial charge in [-0.2, -0.15) is 5.26 Å². The van der Waals surface area contributed by atoms with E-state index in [0.717, 1.165) is 26.2 Å². The molecule has 90 valence electrons. The zero-order valence-corrected chi connectivity index (χ0v) is 9.99. The monoisotopic (exact) mass is 233 g/mol. The molecule has 3 nitrogen and oxygen atoms in total. The molecule has 1 aliphatic rings. The first kappa shape index (κ1) is 12.0. The third-order valence-corrected chi connectivity index (χ3v) is 3.17. The van der Waals surface area contributed by atoms with Gasteiger partial charge in [0.1, 0.15) is 5.82 Å². The molecule has 0 amide bonds. The number of hydrogen-bond donors (Lipinski definition) is 0. The predicted octanol–water partition coefficient (Wildman–Crippen LogP) is 1.44. The highest BCUT2D eigenvalue weighted by atomic mass is 19.1. The van der Waals surface area contributed by atoms with Gasteiger partial charge in [-0.15, -0.1) is 0 Å². The number of halogens is 1. The third kappa shape index (κ3) is 3.02. The molecule has 0 saturated carbocycles. The van der Waals surface area contributed by atoms with Crippen molar-refractivity contribution >= 4 is 0 Å². The number of nitrogens with zero attached hydrogens (tertiary/aromatic N) is 3. The van der Waals surface area contributed by atoms with Crippen LogP contribution in [0.25, 0.3) is 0 Å². The summed E-state index contributed by atoms with van der Waals surface area (Å²) in [5, 5.41) is 8.67. The molecule has 0 N–H and O–H groups in total. The Bertz CT molecular complexity index is 431. The summed E-state index contributed by atoms with van der Waals surface area (Å²) in [6.45, 7) is 4.62. The minimum absolute atomic E-state index is 0.275. The normalized spacial score (nSPS) is 17.9. The Labute approximate surface area is 101 Å². The zero-order valence-electron chi connectivity index (χ0n) is 9.99. The van der Waals surface area contributed by atoms with E-state index in [0.29, 0.717) is 17.7 Å². The number of hydrogen-bond acceptors (Lipinski definition) is 3. The van der Waals surface area contributed by atoms with Crippen LogP contribution in [0.3, 0.4) is 0 Å². The Hall–Kier alpha value is -1.44. The van der Waals surface area contributed by atoms with Crippen molar-refractivity contribution in [2.45, 2.75) is 6.54 Å². The van der Waals surface area contributed by atoms with Crippen molar-refractivity contribution in [3.05, 3.63) is 35.1 Å². The van der Waals surface area contributed by atoms with Crippen LogP contribution in [0.4, 0.5) is 4.39 Å². The fourth-order valence-electron chi connectivity index (χ4n) is 1.99. The summed E-state index contributed by atoms with van der Waals surface area (Å²) in [6, 6.07) is 6.64. The molecule has 0 spiro atoms. The van der Waals surface area contributed by atoms with E-state index < -0.39 is 0 Å². The Morgan fingerprint density at radius 3 is 2.59 bits per heavy atom. The fraction of sp³-hybridized carbons (Fsp3) is 0.462. The van der Waals surface area contributed by atoms with Gasteiger partial charge in [-0.25, -0.2) is 4.39 Å². The van der Waals surface area contributed by atoms with E-state index in [4.69, 9.17) is 5.26 Å². The number of piperazine rings is 1. The van der Waals surface area contributed by atoms with Gasteiger partial charge in [0, 0.05) is 38.3 Å². The van der Waals surface area contributed by atoms with Gasteiger partial charge >= 0.3 is 0 Å². The maximum atomic E-state index is 13.7. The molecule has 0 radical (unpaired) electrons. The van der Waals surface area contributed by atoms with Gasteiger partial charge in [0.2, 0.25) is 0 Å². The lowest BCUT2D eigenvalue weighted by Crippen LogP contribution is -2.44. The van der Waals surface area contributed by atoms with Crippen molar-refractivity contribution in [3.8, 4) is 6.07 Å². The standard InChI is InChI=1S/C13H16FN3/c1-16-4-6-17(7-5-16)10-12-3-2-11(9-15)8-13(12)14/h2-3,8H,4-7,10H2,1H3. The Morgan fingerprint density at radius 1 is 1.29 bits per heavy atom. The highest BCUT2D eigenvalue weighted by molar-refractivity contribution is 5.32. The zero-order chi connectivity index (χ0) is 12.3. The van der Waals surface area contributed by atoms with Crippen LogP contribution in [-0.4, -0.2) is 43.0 Å². The van der Waals surface area contributed by atoms with E-state index in [1.165, 1.54) is 6.07 Å². The highest BCUT2D eigenvalue weighted by Gasteiger charge is 2.15. The number of likely N-dealkylation sites (N-methyl/N-ethyl adjacent to an activating group) is 1. The first-order valence-electron chi connectivity index (χ1n) is 5.78.